The molecule has 0 aliphatic carbocycles. The van der Waals surface area contributed by atoms with E-state index in [1.807, 2.05) is 12.3 Å². The van der Waals surface area contributed by atoms with E-state index in [1.165, 1.54) is 0 Å². The zero-order valence-corrected chi connectivity index (χ0v) is 13.8. The molecule has 5 nitrogen and oxygen atoms in total. The fraction of sp³-hybridized carbons (Fsp3) is 0.667. The number of aromatic nitrogens is 1. The highest BCUT2D eigenvalue weighted by Gasteiger charge is 2.26. The Bertz CT molecular complexity index is 533. The normalized spacial score (nSPS) is 20.8. The molecular formula is C15H23N3O2S. The number of hydrogen-bond donors (Lipinski definition) is 2. The van der Waals surface area contributed by atoms with Gasteiger partial charge in [-0.2, -0.15) is 0 Å². The van der Waals surface area contributed by atoms with Gasteiger partial charge >= 0.3 is 0 Å². The standard InChI is InChI=1S/C15H23N3O2S/c1-9(14-18-11(8-21-14)15(2,3)4)16-13(20)10-6-5-7-12(19)17-10/h8-10H,5-7H2,1-4H3,(H,16,20)(H,17,19)/t9?,10-/m1/s1. The number of piperidine rings is 1. The predicted molar refractivity (Wildman–Crippen MR) is 83.2 cm³/mol. The van der Waals surface area contributed by atoms with E-state index in [0.717, 1.165) is 17.1 Å². The highest BCUT2D eigenvalue weighted by molar-refractivity contribution is 7.09. The van der Waals surface area contributed by atoms with Gasteiger partial charge in [-0.25, -0.2) is 4.98 Å². The van der Waals surface area contributed by atoms with Gasteiger partial charge < -0.3 is 10.6 Å². The zero-order chi connectivity index (χ0) is 15.6. The summed E-state index contributed by atoms with van der Waals surface area (Å²) in [4.78, 5) is 28.1. The van der Waals surface area contributed by atoms with E-state index in [0.29, 0.717) is 12.8 Å². The summed E-state index contributed by atoms with van der Waals surface area (Å²) in [5, 5.41) is 8.62. The van der Waals surface area contributed by atoms with Crippen molar-refractivity contribution in [2.75, 3.05) is 0 Å². The lowest BCUT2D eigenvalue weighted by molar-refractivity contribution is -0.131. The molecule has 0 spiro atoms. The van der Waals surface area contributed by atoms with Crippen molar-refractivity contribution in [2.24, 2.45) is 0 Å². The minimum atomic E-state index is -0.407. The van der Waals surface area contributed by atoms with E-state index < -0.39 is 6.04 Å². The van der Waals surface area contributed by atoms with Crippen LogP contribution >= 0.6 is 11.3 Å². The van der Waals surface area contributed by atoms with Crippen LogP contribution in [0.25, 0.3) is 0 Å². The van der Waals surface area contributed by atoms with Gasteiger partial charge in [-0.1, -0.05) is 20.8 Å². The number of amides is 2. The molecule has 0 bridgehead atoms. The van der Waals surface area contributed by atoms with Gasteiger partial charge in [0.1, 0.15) is 11.0 Å². The molecular weight excluding hydrogens is 286 g/mol. The summed E-state index contributed by atoms with van der Waals surface area (Å²) in [6, 6.07) is -0.548. The number of rotatable bonds is 3. The monoisotopic (exact) mass is 309 g/mol. The maximum atomic E-state index is 12.2. The van der Waals surface area contributed by atoms with Crippen molar-refractivity contribution in [1.82, 2.24) is 15.6 Å². The van der Waals surface area contributed by atoms with Crippen LogP contribution in [0.1, 0.15) is 63.7 Å². The molecule has 0 radical (unpaired) electrons. The van der Waals surface area contributed by atoms with Crippen molar-refractivity contribution in [3.8, 4) is 0 Å². The SMILES string of the molecule is CC(NC(=O)[C@H]1CCCC(=O)N1)c1nc(C(C)(C)C)cs1. The number of hydrogen-bond acceptors (Lipinski definition) is 4. The summed E-state index contributed by atoms with van der Waals surface area (Å²) in [5.74, 6) is -0.165. The third kappa shape index (κ3) is 4.03. The third-order valence-corrected chi connectivity index (χ3v) is 4.60. The first-order valence-corrected chi connectivity index (χ1v) is 8.21. The van der Waals surface area contributed by atoms with E-state index in [4.69, 9.17) is 0 Å². The van der Waals surface area contributed by atoms with Crippen LogP contribution < -0.4 is 10.6 Å². The van der Waals surface area contributed by atoms with Gasteiger partial charge in [-0.15, -0.1) is 11.3 Å². The highest BCUT2D eigenvalue weighted by atomic mass is 32.1. The zero-order valence-electron chi connectivity index (χ0n) is 13.0. The molecule has 0 aromatic carbocycles. The fourth-order valence-electron chi connectivity index (χ4n) is 2.21. The van der Waals surface area contributed by atoms with Gasteiger partial charge in [0.25, 0.3) is 0 Å². The average molecular weight is 309 g/mol. The van der Waals surface area contributed by atoms with Crippen LogP contribution in [0.15, 0.2) is 5.38 Å². The predicted octanol–water partition coefficient (Wildman–Crippen LogP) is 2.29. The van der Waals surface area contributed by atoms with Crippen molar-refractivity contribution in [3.05, 3.63) is 16.1 Å². The van der Waals surface area contributed by atoms with Crippen LogP contribution in [-0.4, -0.2) is 22.8 Å². The topological polar surface area (TPSA) is 71.1 Å². The summed E-state index contributed by atoms with van der Waals surface area (Å²) in [6.07, 6.45) is 1.99. The molecule has 21 heavy (non-hydrogen) atoms. The van der Waals surface area contributed by atoms with Gasteiger partial charge in [0.05, 0.1) is 11.7 Å². The first-order valence-electron chi connectivity index (χ1n) is 7.33. The van der Waals surface area contributed by atoms with Gasteiger partial charge in [-0.3, -0.25) is 9.59 Å². The highest BCUT2D eigenvalue weighted by Crippen LogP contribution is 2.26. The molecule has 116 valence electrons. The smallest absolute Gasteiger partial charge is 0.243 e. The molecule has 1 aliphatic rings. The molecule has 1 unspecified atom stereocenters. The van der Waals surface area contributed by atoms with Gasteiger partial charge in [0.15, 0.2) is 0 Å². The Labute approximate surface area is 129 Å². The molecule has 2 heterocycles. The molecule has 6 heteroatoms. The second kappa shape index (κ2) is 6.13. The Balaban J connectivity index is 1.97. The van der Waals surface area contributed by atoms with Crippen molar-refractivity contribution in [1.29, 1.82) is 0 Å². The number of carbonyl (C=O) groups is 2. The maximum Gasteiger partial charge on any atom is 0.243 e. The third-order valence-electron chi connectivity index (χ3n) is 3.57. The van der Waals surface area contributed by atoms with Crippen LogP contribution in [-0.2, 0) is 15.0 Å². The van der Waals surface area contributed by atoms with E-state index in [2.05, 4.69) is 36.4 Å². The molecule has 2 amide bonds. The summed E-state index contributed by atoms with van der Waals surface area (Å²) in [6.45, 7) is 8.28. The van der Waals surface area contributed by atoms with Gasteiger partial charge in [-0.05, 0) is 19.8 Å². The van der Waals surface area contributed by atoms with E-state index >= 15 is 0 Å². The number of nitrogens with one attached hydrogen (secondary N) is 2. The molecule has 1 aromatic rings. The molecule has 2 rings (SSSR count). The van der Waals surface area contributed by atoms with Crippen molar-refractivity contribution in [3.63, 3.8) is 0 Å². The number of nitrogens with zero attached hydrogens (tertiary/aromatic N) is 1. The van der Waals surface area contributed by atoms with Crippen molar-refractivity contribution >= 4 is 23.2 Å². The van der Waals surface area contributed by atoms with E-state index in [1.54, 1.807) is 11.3 Å². The second-order valence-electron chi connectivity index (χ2n) is 6.56. The Morgan fingerprint density at radius 2 is 2.24 bits per heavy atom. The lowest BCUT2D eigenvalue weighted by atomic mass is 9.93. The number of thiazole rings is 1. The number of carbonyl (C=O) groups excluding carboxylic acids is 2. The van der Waals surface area contributed by atoms with Crippen LogP contribution in [0, 0.1) is 0 Å². The van der Waals surface area contributed by atoms with E-state index in [9.17, 15) is 9.59 Å². The van der Waals surface area contributed by atoms with Gasteiger partial charge in [0, 0.05) is 17.2 Å². The molecule has 2 N–H and O–H groups in total. The van der Waals surface area contributed by atoms with Gasteiger partial charge in [0.2, 0.25) is 11.8 Å². The molecule has 1 aromatic heterocycles. The minimum absolute atomic E-state index is 0.00975. The molecule has 2 atom stereocenters. The van der Waals surface area contributed by atoms with Crippen LogP contribution in [0.4, 0.5) is 0 Å². The summed E-state index contributed by atoms with van der Waals surface area (Å²) >= 11 is 1.56. The molecule has 0 saturated carbocycles. The molecule has 1 saturated heterocycles. The Hall–Kier alpha value is -1.43. The first-order chi connectivity index (χ1) is 9.77. The Kier molecular flexibility index (Phi) is 4.66. The largest absolute Gasteiger partial charge is 0.345 e. The second-order valence-corrected chi connectivity index (χ2v) is 7.45. The lowest BCUT2D eigenvalue weighted by Gasteiger charge is -2.23. The average Bonchev–Trinajstić information content (AvgIpc) is 2.88. The fourth-order valence-corrected chi connectivity index (χ4v) is 3.26. The first kappa shape index (κ1) is 15.9. The molecule has 1 fully saturated rings. The summed E-state index contributed by atoms with van der Waals surface area (Å²) in [5.41, 5.74) is 1.05. The Morgan fingerprint density at radius 1 is 1.52 bits per heavy atom. The lowest BCUT2D eigenvalue weighted by Crippen LogP contribution is -2.49. The summed E-state index contributed by atoms with van der Waals surface area (Å²) in [7, 11) is 0. The van der Waals surface area contributed by atoms with E-state index in [-0.39, 0.29) is 23.3 Å². The quantitative estimate of drug-likeness (QED) is 0.900. The van der Waals surface area contributed by atoms with Crippen molar-refractivity contribution in [2.45, 2.75) is 64.5 Å². The minimum Gasteiger partial charge on any atom is -0.345 e. The van der Waals surface area contributed by atoms with Crippen LogP contribution in [0.2, 0.25) is 0 Å². The summed E-state index contributed by atoms with van der Waals surface area (Å²) < 4.78 is 0. The maximum absolute atomic E-state index is 12.2. The van der Waals surface area contributed by atoms with Crippen molar-refractivity contribution < 1.29 is 9.59 Å². The molecule has 1 aliphatic heterocycles. The van der Waals surface area contributed by atoms with Crippen LogP contribution in [0.3, 0.4) is 0 Å². The Morgan fingerprint density at radius 3 is 2.81 bits per heavy atom. The van der Waals surface area contributed by atoms with Crippen LogP contribution in [0.5, 0.6) is 0 Å².